The molecular formula is C19H17ClN2O4. The molecule has 1 amide bonds. The molecule has 3 aromatic rings. The van der Waals surface area contributed by atoms with Crippen molar-refractivity contribution < 1.29 is 14.0 Å². The van der Waals surface area contributed by atoms with Crippen molar-refractivity contribution in [3.8, 4) is 0 Å². The Labute approximate surface area is 154 Å². The van der Waals surface area contributed by atoms with Crippen LogP contribution in [-0.2, 0) is 22.6 Å². The molecule has 0 saturated carbocycles. The van der Waals surface area contributed by atoms with Gasteiger partial charge >= 0.3 is 5.76 Å². The van der Waals surface area contributed by atoms with Gasteiger partial charge in [0.2, 0.25) is 5.91 Å². The lowest BCUT2D eigenvalue weighted by atomic mass is 10.0. The van der Waals surface area contributed by atoms with Crippen LogP contribution in [0.1, 0.15) is 12.5 Å². The first-order chi connectivity index (χ1) is 12.4. The molecule has 6 nitrogen and oxygen atoms in total. The minimum Gasteiger partial charge on any atom is -0.408 e. The molecule has 2 aromatic carbocycles. The lowest BCUT2D eigenvalue weighted by Gasteiger charge is -2.16. The number of nitrogens with zero attached hydrogens (tertiary/aromatic N) is 1. The largest absolute Gasteiger partial charge is 0.420 e. The number of fused-ring (bicyclic) bond motifs is 1. The predicted octanol–water partition coefficient (Wildman–Crippen LogP) is 2.56. The Morgan fingerprint density at radius 1 is 1.19 bits per heavy atom. The van der Waals surface area contributed by atoms with Crippen LogP contribution in [0.25, 0.3) is 11.1 Å². The number of oxazole rings is 1. The van der Waals surface area contributed by atoms with Gasteiger partial charge in [0.05, 0.1) is 11.6 Å². The van der Waals surface area contributed by atoms with Gasteiger partial charge in [-0.05, 0) is 31.0 Å². The third-order valence-electron chi connectivity index (χ3n) is 4.04. The van der Waals surface area contributed by atoms with E-state index in [1.165, 1.54) is 17.6 Å². The zero-order valence-electron chi connectivity index (χ0n) is 14.1. The van der Waals surface area contributed by atoms with Crippen molar-refractivity contribution in [2.24, 2.45) is 0 Å². The second kappa shape index (κ2) is 7.58. The van der Waals surface area contributed by atoms with Gasteiger partial charge in [0, 0.05) is 11.1 Å². The van der Waals surface area contributed by atoms with Gasteiger partial charge in [-0.1, -0.05) is 41.9 Å². The number of carbonyl (C=O) groups is 2. The minimum atomic E-state index is -0.659. The Bertz CT molecular complexity index is 1010. The summed E-state index contributed by atoms with van der Waals surface area (Å²) >= 11 is 5.88. The van der Waals surface area contributed by atoms with Crippen LogP contribution in [-0.4, -0.2) is 22.3 Å². The molecule has 0 aliphatic heterocycles. The summed E-state index contributed by atoms with van der Waals surface area (Å²) in [5.41, 5.74) is 1.72. The summed E-state index contributed by atoms with van der Waals surface area (Å²) in [4.78, 5) is 36.3. The van der Waals surface area contributed by atoms with Gasteiger partial charge in [-0.15, -0.1) is 0 Å². The number of halogens is 1. The van der Waals surface area contributed by atoms with Crippen molar-refractivity contribution >= 4 is 34.4 Å². The van der Waals surface area contributed by atoms with E-state index in [2.05, 4.69) is 5.32 Å². The Morgan fingerprint density at radius 2 is 1.92 bits per heavy atom. The van der Waals surface area contributed by atoms with Crippen LogP contribution in [0.5, 0.6) is 0 Å². The first kappa shape index (κ1) is 17.9. The van der Waals surface area contributed by atoms with E-state index in [1.54, 1.807) is 12.1 Å². The van der Waals surface area contributed by atoms with Crippen molar-refractivity contribution in [3.63, 3.8) is 0 Å². The van der Waals surface area contributed by atoms with Crippen LogP contribution < -0.4 is 11.1 Å². The van der Waals surface area contributed by atoms with Gasteiger partial charge in [0.15, 0.2) is 11.4 Å². The summed E-state index contributed by atoms with van der Waals surface area (Å²) < 4.78 is 6.31. The van der Waals surface area contributed by atoms with Crippen molar-refractivity contribution in [2.75, 3.05) is 0 Å². The molecule has 0 bridgehead atoms. The topological polar surface area (TPSA) is 81.3 Å². The van der Waals surface area contributed by atoms with E-state index in [0.29, 0.717) is 22.5 Å². The molecule has 0 saturated heterocycles. The summed E-state index contributed by atoms with van der Waals surface area (Å²) in [6.45, 7) is 1.18. The highest BCUT2D eigenvalue weighted by Crippen LogP contribution is 2.18. The average molecular weight is 373 g/mol. The first-order valence-corrected chi connectivity index (χ1v) is 8.44. The third kappa shape index (κ3) is 4.03. The Hall–Kier alpha value is -2.86. The number of hydrogen-bond acceptors (Lipinski definition) is 4. The lowest BCUT2D eigenvalue weighted by molar-refractivity contribution is -0.127. The molecule has 26 heavy (non-hydrogen) atoms. The fourth-order valence-electron chi connectivity index (χ4n) is 2.72. The van der Waals surface area contributed by atoms with Gasteiger partial charge in [0.25, 0.3) is 0 Å². The molecule has 0 radical (unpaired) electrons. The summed E-state index contributed by atoms with van der Waals surface area (Å²) in [5, 5.41) is 3.12. The van der Waals surface area contributed by atoms with Crippen LogP contribution in [0.15, 0.2) is 57.7 Å². The van der Waals surface area contributed by atoms with E-state index in [4.69, 9.17) is 16.0 Å². The Kier molecular flexibility index (Phi) is 5.23. The minimum absolute atomic E-state index is 0.154. The maximum atomic E-state index is 12.4. The molecule has 1 aromatic heterocycles. The van der Waals surface area contributed by atoms with Crippen LogP contribution in [0, 0.1) is 0 Å². The molecule has 3 rings (SSSR count). The summed E-state index contributed by atoms with van der Waals surface area (Å²) in [6.07, 6.45) is 0.387. The highest BCUT2D eigenvalue weighted by molar-refractivity contribution is 6.31. The molecule has 0 unspecified atom stereocenters. The van der Waals surface area contributed by atoms with Crippen molar-refractivity contribution in [3.05, 3.63) is 69.7 Å². The first-order valence-electron chi connectivity index (χ1n) is 8.06. The molecule has 0 aliphatic carbocycles. The second-order valence-electron chi connectivity index (χ2n) is 5.99. The average Bonchev–Trinajstić information content (AvgIpc) is 2.89. The molecule has 1 N–H and O–H groups in total. The standard InChI is InChI=1S/C19H17ClN2O4/c1-12(23)15(9-13-5-3-2-4-6-13)21-18(24)11-22-16-8-7-14(20)10-17(16)26-19(22)25/h2-8,10,15H,9,11H2,1H3,(H,21,24)/t15-/m0/s1. The van der Waals surface area contributed by atoms with E-state index in [0.717, 1.165) is 5.56 Å². The van der Waals surface area contributed by atoms with E-state index in [1.807, 2.05) is 30.3 Å². The van der Waals surface area contributed by atoms with Crippen LogP contribution in [0.4, 0.5) is 0 Å². The summed E-state index contributed by atoms with van der Waals surface area (Å²) in [6, 6.07) is 13.5. The van der Waals surface area contributed by atoms with Crippen molar-refractivity contribution in [1.29, 1.82) is 0 Å². The van der Waals surface area contributed by atoms with Crippen LogP contribution in [0.2, 0.25) is 5.02 Å². The van der Waals surface area contributed by atoms with Crippen molar-refractivity contribution in [1.82, 2.24) is 9.88 Å². The number of carbonyl (C=O) groups excluding carboxylic acids is 2. The number of aromatic nitrogens is 1. The number of Topliss-reactive ketones (excluding diaryl/α,β-unsaturated/α-hetero) is 1. The molecule has 1 atom stereocenters. The summed E-state index contributed by atoms with van der Waals surface area (Å²) in [5.74, 6) is -1.25. The molecule has 0 fully saturated rings. The molecule has 1 heterocycles. The fourth-order valence-corrected chi connectivity index (χ4v) is 2.88. The van der Waals surface area contributed by atoms with E-state index < -0.39 is 17.7 Å². The highest BCUT2D eigenvalue weighted by atomic mass is 35.5. The SMILES string of the molecule is CC(=O)[C@H](Cc1ccccc1)NC(=O)Cn1c(=O)oc2cc(Cl)ccc21. The van der Waals surface area contributed by atoms with Gasteiger partial charge in [0.1, 0.15) is 6.54 Å². The monoisotopic (exact) mass is 372 g/mol. The number of rotatable bonds is 6. The Balaban J connectivity index is 1.76. The maximum absolute atomic E-state index is 12.4. The zero-order chi connectivity index (χ0) is 18.7. The Morgan fingerprint density at radius 3 is 2.62 bits per heavy atom. The van der Waals surface area contributed by atoms with E-state index in [-0.39, 0.29) is 12.3 Å². The number of ketones is 1. The summed E-state index contributed by atoms with van der Waals surface area (Å²) in [7, 11) is 0. The number of hydrogen-bond donors (Lipinski definition) is 1. The molecule has 0 spiro atoms. The number of nitrogens with one attached hydrogen (secondary N) is 1. The zero-order valence-corrected chi connectivity index (χ0v) is 14.8. The lowest BCUT2D eigenvalue weighted by Crippen LogP contribution is -2.43. The van der Waals surface area contributed by atoms with E-state index in [9.17, 15) is 14.4 Å². The van der Waals surface area contributed by atoms with Gasteiger partial charge in [-0.2, -0.15) is 0 Å². The second-order valence-corrected chi connectivity index (χ2v) is 6.42. The van der Waals surface area contributed by atoms with Gasteiger partial charge < -0.3 is 9.73 Å². The van der Waals surface area contributed by atoms with Crippen LogP contribution in [0.3, 0.4) is 0 Å². The normalized spacial score (nSPS) is 12.1. The molecule has 134 valence electrons. The predicted molar refractivity (Wildman–Crippen MR) is 98.2 cm³/mol. The smallest absolute Gasteiger partial charge is 0.408 e. The molecule has 7 heteroatoms. The quantitative estimate of drug-likeness (QED) is 0.721. The van der Waals surface area contributed by atoms with E-state index >= 15 is 0 Å². The molecular weight excluding hydrogens is 356 g/mol. The highest BCUT2D eigenvalue weighted by Gasteiger charge is 2.19. The molecule has 0 aliphatic rings. The maximum Gasteiger partial charge on any atom is 0.420 e. The number of amides is 1. The van der Waals surface area contributed by atoms with Gasteiger partial charge in [-0.25, -0.2) is 4.79 Å². The fraction of sp³-hybridized carbons (Fsp3) is 0.211. The third-order valence-corrected chi connectivity index (χ3v) is 4.28. The van der Waals surface area contributed by atoms with Gasteiger partial charge in [-0.3, -0.25) is 14.2 Å². The number of benzene rings is 2. The van der Waals surface area contributed by atoms with Crippen molar-refractivity contribution in [2.45, 2.75) is 25.9 Å². The van der Waals surface area contributed by atoms with Crippen LogP contribution >= 0.6 is 11.6 Å².